The molecule has 6 atom stereocenters. The molecule has 0 saturated carbocycles. The zero-order valence-electron chi connectivity index (χ0n) is 17.6. The minimum Gasteiger partial charge on any atom is -0.481 e. The molecule has 11 N–H and O–H groups in total. The molecule has 0 aromatic heterocycles. The van der Waals surface area contributed by atoms with Crippen molar-refractivity contribution in [1.82, 2.24) is 0 Å². The maximum atomic E-state index is 12.1. The standard InChI is InChI=1S/C19H38N4O7/c1-2-30-19(29)10-14(23)8-17(26)6-12(21)4-15(24)3-11(20)5-16(25)7-13(22)9-18(27)28/h11-14,16-17,25-26H,2-10,20-23H2,1H3,(H,27,28). The molecule has 6 unspecified atom stereocenters. The van der Waals surface area contributed by atoms with Gasteiger partial charge in [0.25, 0.3) is 0 Å². The van der Waals surface area contributed by atoms with E-state index in [0.29, 0.717) is 0 Å². The highest BCUT2D eigenvalue weighted by Gasteiger charge is 2.21. The molecule has 0 aliphatic heterocycles. The summed E-state index contributed by atoms with van der Waals surface area (Å²) >= 11 is 0. The lowest BCUT2D eigenvalue weighted by Crippen LogP contribution is -2.36. The van der Waals surface area contributed by atoms with Gasteiger partial charge in [-0.25, -0.2) is 0 Å². The number of carboxylic acids is 1. The average Bonchev–Trinajstić information content (AvgIpc) is 2.52. The maximum absolute atomic E-state index is 12.1. The van der Waals surface area contributed by atoms with Crippen LogP contribution in [0.4, 0.5) is 0 Å². The van der Waals surface area contributed by atoms with E-state index >= 15 is 0 Å². The highest BCUT2D eigenvalue weighted by Crippen LogP contribution is 2.12. The highest BCUT2D eigenvalue weighted by molar-refractivity contribution is 5.79. The number of aliphatic hydroxyl groups is 2. The predicted molar refractivity (Wildman–Crippen MR) is 110 cm³/mol. The zero-order chi connectivity index (χ0) is 23.3. The van der Waals surface area contributed by atoms with Crippen molar-refractivity contribution in [2.24, 2.45) is 22.9 Å². The van der Waals surface area contributed by atoms with Gasteiger partial charge < -0.3 is 43.0 Å². The summed E-state index contributed by atoms with van der Waals surface area (Å²) in [6.07, 6.45) is -1.54. The number of aliphatic carboxylic acids is 1. The van der Waals surface area contributed by atoms with Crippen molar-refractivity contribution in [3.63, 3.8) is 0 Å². The van der Waals surface area contributed by atoms with Gasteiger partial charge in [0, 0.05) is 37.0 Å². The van der Waals surface area contributed by atoms with Crippen molar-refractivity contribution in [2.45, 2.75) is 94.7 Å². The van der Waals surface area contributed by atoms with E-state index in [1.54, 1.807) is 6.92 Å². The largest absolute Gasteiger partial charge is 0.481 e. The summed E-state index contributed by atoms with van der Waals surface area (Å²) in [6.45, 7) is 1.95. The molecule has 0 aliphatic carbocycles. The fraction of sp³-hybridized carbons (Fsp3) is 0.842. The number of esters is 1. The van der Waals surface area contributed by atoms with Gasteiger partial charge in [-0.1, -0.05) is 0 Å². The van der Waals surface area contributed by atoms with E-state index in [1.807, 2.05) is 0 Å². The number of hydrogen-bond acceptors (Lipinski definition) is 10. The number of hydrogen-bond donors (Lipinski definition) is 7. The summed E-state index contributed by atoms with van der Waals surface area (Å²) < 4.78 is 4.80. The number of carboxylic acid groups (broad SMARTS) is 1. The Balaban J connectivity index is 4.18. The summed E-state index contributed by atoms with van der Waals surface area (Å²) in [5.74, 6) is -1.69. The molecular formula is C19H38N4O7. The van der Waals surface area contributed by atoms with Crippen LogP contribution in [0.2, 0.25) is 0 Å². The van der Waals surface area contributed by atoms with E-state index in [9.17, 15) is 24.6 Å². The lowest BCUT2D eigenvalue weighted by atomic mass is 9.94. The Morgan fingerprint density at radius 1 is 0.733 bits per heavy atom. The maximum Gasteiger partial charge on any atom is 0.307 e. The Morgan fingerprint density at radius 3 is 1.47 bits per heavy atom. The number of rotatable bonds is 17. The molecule has 0 saturated heterocycles. The number of carbonyl (C=O) groups is 3. The number of carbonyl (C=O) groups excluding carboxylic acids is 2. The van der Waals surface area contributed by atoms with Crippen LogP contribution < -0.4 is 22.9 Å². The lowest BCUT2D eigenvalue weighted by Gasteiger charge is -2.21. The summed E-state index contributed by atoms with van der Waals surface area (Å²) in [5, 5.41) is 28.7. The third-order valence-electron chi connectivity index (χ3n) is 4.45. The Bertz CT molecular complexity index is 535. The van der Waals surface area contributed by atoms with Crippen LogP contribution in [0.15, 0.2) is 0 Å². The van der Waals surface area contributed by atoms with Crippen molar-refractivity contribution in [1.29, 1.82) is 0 Å². The first-order valence-electron chi connectivity index (χ1n) is 10.2. The molecule has 0 amide bonds. The van der Waals surface area contributed by atoms with Gasteiger partial charge in [0.05, 0.1) is 31.7 Å². The molecule has 11 heteroatoms. The Morgan fingerprint density at radius 2 is 1.10 bits per heavy atom. The molecule has 0 rings (SSSR count). The van der Waals surface area contributed by atoms with E-state index < -0.39 is 48.3 Å². The Labute approximate surface area is 177 Å². The normalized spacial score (nSPS) is 17.4. The molecule has 0 spiro atoms. The predicted octanol–water partition coefficient (Wildman–Crippen LogP) is -1.64. The molecule has 0 aliphatic rings. The van der Waals surface area contributed by atoms with E-state index in [2.05, 4.69) is 0 Å². The summed E-state index contributed by atoms with van der Waals surface area (Å²) in [6, 6.07) is -2.46. The van der Waals surface area contributed by atoms with Crippen LogP contribution in [0.5, 0.6) is 0 Å². The number of ketones is 1. The fourth-order valence-electron chi connectivity index (χ4n) is 3.25. The summed E-state index contributed by atoms with van der Waals surface area (Å²) in [7, 11) is 0. The molecule has 0 fully saturated rings. The van der Waals surface area contributed by atoms with Gasteiger partial charge in [0.1, 0.15) is 5.78 Å². The molecular weight excluding hydrogens is 396 g/mol. The van der Waals surface area contributed by atoms with Crippen LogP contribution >= 0.6 is 0 Å². The number of nitrogens with two attached hydrogens (primary N) is 4. The van der Waals surface area contributed by atoms with Crippen LogP contribution in [-0.2, 0) is 19.1 Å². The molecule has 176 valence electrons. The summed E-state index contributed by atoms with van der Waals surface area (Å²) in [5.41, 5.74) is 23.2. The minimum absolute atomic E-state index is 0.00258. The van der Waals surface area contributed by atoms with E-state index in [0.717, 1.165) is 0 Å². The Hall–Kier alpha value is -1.63. The highest BCUT2D eigenvalue weighted by atomic mass is 16.5. The van der Waals surface area contributed by atoms with E-state index in [-0.39, 0.29) is 63.8 Å². The zero-order valence-corrected chi connectivity index (χ0v) is 17.6. The number of ether oxygens (including phenoxy) is 1. The quantitative estimate of drug-likeness (QED) is 0.128. The second kappa shape index (κ2) is 15.2. The van der Waals surface area contributed by atoms with Crippen molar-refractivity contribution in [3.05, 3.63) is 0 Å². The third kappa shape index (κ3) is 15.2. The smallest absolute Gasteiger partial charge is 0.307 e. The van der Waals surface area contributed by atoms with Gasteiger partial charge in [-0.3, -0.25) is 14.4 Å². The van der Waals surface area contributed by atoms with Crippen LogP contribution in [-0.4, -0.2) is 76.0 Å². The van der Waals surface area contributed by atoms with Crippen molar-refractivity contribution in [3.8, 4) is 0 Å². The minimum atomic E-state index is -1.05. The van der Waals surface area contributed by atoms with E-state index in [4.69, 9.17) is 32.8 Å². The first-order valence-corrected chi connectivity index (χ1v) is 10.2. The van der Waals surface area contributed by atoms with Gasteiger partial charge in [0.2, 0.25) is 0 Å². The van der Waals surface area contributed by atoms with E-state index in [1.165, 1.54) is 0 Å². The fourth-order valence-corrected chi connectivity index (χ4v) is 3.25. The topological polar surface area (TPSA) is 225 Å². The molecule has 0 aromatic carbocycles. The molecule has 0 radical (unpaired) electrons. The monoisotopic (exact) mass is 434 g/mol. The van der Waals surface area contributed by atoms with Gasteiger partial charge in [0.15, 0.2) is 0 Å². The van der Waals surface area contributed by atoms with Crippen LogP contribution in [0.25, 0.3) is 0 Å². The van der Waals surface area contributed by atoms with Crippen LogP contribution in [0.3, 0.4) is 0 Å². The molecule has 0 heterocycles. The molecule has 0 bridgehead atoms. The number of Topliss-reactive ketones (excluding diaryl/α,β-unsaturated/α-hetero) is 1. The average molecular weight is 435 g/mol. The van der Waals surface area contributed by atoms with Crippen LogP contribution in [0.1, 0.15) is 58.3 Å². The Kier molecular flexibility index (Phi) is 14.4. The van der Waals surface area contributed by atoms with Gasteiger partial charge >= 0.3 is 11.9 Å². The SMILES string of the molecule is CCOC(=O)CC(N)CC(O)CC(N)CC(=O)CC(N)CC(O)CC(N)CC(=O)O. The van der Waals surface area contributed by atoms with Crippen molar-refractivity contribution >= 4 is 17.7 Å². The number of aliphatic hydroxyl groups excluding tert-OH is 2. The van der Waals surface area contributed by atoms with Crippen LogP contribution in [0, 0.1) is 0 Å². The van der Waals surface area contributed by atoms with Gasteiger partial charge in [-0.05, 0) is 32.6 Å². The summed E-state index contributed by atoms with van der Waals surface area (Å²) in [4.78, 5) is 34.1. The molecule has 30 heavy (non-hydrogen) atoms. The van der Waals surface area contributed by atoms with Crippen molar-refractivity contribution < 1.29 is 34.4 Å². The van der Waals surface area contributed by atoms with Gasteiger partial charge in [-0.2, -0.15) is 0 Å². The van der Waals surface area contributed by atoms with Crippen molar-refractivity contribution in [2.75, 3.05) is 6.61 Å². The first-order chi connectivity index (χ1) is 13.9. The second-order valence-electron chi connectivity index (χ2n) is 7.84. The third-order valence-corrected chi connectivity index (χ3v) is 4.45. The van der Waals surface area contributed by atoms with Gasteiger partial charge in [-0.15, -0.1) is 0 Å². The molecule has 11 nitrogen and oxygen atoms in total. The first kappa shape index (κ1) is 28.4. The lowest BCUT2D eigenvalue weighted by molar-refractivity contribution is -0.143. The second-order valence-corrected chi connectivity index (χ2v) is 7.84. The molecule has 0 aromatic rings.